The lowest BCUT2D eigenvalue weighted by Crippen LogP contribution is -2.42. The van der Waals surface area contributed by atoms with Crippen molar-refractivity contribution in [1.82, 2.24) is 20.4 Å². The number of carbonyl (C=O) groups is 1. The third-order valence-corrected chi connectivity index (χ3v) is 4.95. The van der Waals surface area contributed by atoms with E-state index in [0.29, 0.717) is 18.0 Å². The van der Waals surface area contributed by atoms with Gasteiger partial charge in [0.1, 0.15) is 12.3 Å². The first-order valence-corrected chi connectivity index (χ1v) is 10.9. The Bertz CT molecular complexity index is 640. The van der Waals surface area contributed by atoms with Crippen LogP contribution in [0, 0.1) is 0 Å². The van der Waals surface area contributed by atoms with E-state index in [1.165, 1.54) is 5.56 Å². The van der Waals surface area contributed by atoms with Crippen molar-refractivity contribution in [2.24, 2.45) is 4.99 Å². The van der Waals surface area contributed by atoms with Crippen LogP contribution >= 0.6 is 24.0 Å². The second-order valence-electron chi connectivity index (χ2n) is 8.18. The van der Waals surface area contributed by atoms with Crippen molar-refractivity contribution in [3.05, 3.63) is 29.8 Å². The number of nitrogens with zero attached hydrogens (tertiary/aromatic N) is 3. The van der Waals surface area contributed by atoms with Crippen molar-refractivity contribution in [2.75, 3.05) is 47.4 Å². The number of benzene rings is 1. The summed E-state index contributed by atoms with van der Waals surface area (Å²) in [5.74, 6) is 1.52. The number of amides is 1. The van der Waals surface area contributed by atoms with E-state index in [4.69, 9.17) is 4.74 Å². The van der Waals surface area contributed by atoms with Crippen LogP contribution in [-0.4, -0.2) is 81.1 Å². The minimum Gasteiger partial charge on any atom is -0.497 e. The number of halogens is 1. The van der Waals surface area contributed by atoms with Crippen LogP contribution in [0.25, 0.3) is 0 Å². The summed E-state index contributed by atoms with van der Waals surface area (Å²) in [6.07, 6.45) is 1.87. The van der Waals surface area contributed by atoms with E-state index in [2.05, 4.69) is 60.4 Å². The molecule has 1 aromatic rings. The number of carbonyl (C=O) groups excluding carboxylic acids is 1. The first-order valence-electron chi connectivity index (χ1n) is 10.9. The van der Waals surface area contributed by atoms with E-state index in [1.807, 2.05) is 12.1 Å². The van der Waals surface area contributed by atoms with Gasteiger partial charge in [0.25, 0.3) is 0 Å². The molecule has 0 aliphatic heterocycles. The molecule has 0 unspecified atom stereocenters. The molecular formula is C23H42IN5O2. The highest BCUT2D eigenvalue weighted by Gasteiger charge is 2.12. The third-order valence-electron chi connectivity index (χ3n) is 4.95. The Morgan fingerprint density at radius 1 is 1.03 bits per heavy atom. The summed E-state index contributed by atoms with van der Waals surface area (Å²) in [6, 6.07) is 9.11. The minimum absolute atomic E-state index is 0. The van der Waals surface area contributed by atoms with Gasteiger partial charge in [-0.15, -0.1) is 24.0 Å². The molecule has 0 aromatic heterocycles. The molecule has 0 aliphatic rings. The zero-order valence-corrected chi connectivity index (χ0v) is 22.6. The van der Waals surface area contributed by atoms with Gasteiger partial charge in [0.2, 0.25) is 5.91 Å². The van der Waals surface area contributed by atoms with Crippen LogP contribution < -0.4 is 15.4 Å². The molecule has 8 heteroatoms. The van der Waals surface area contributed by atoms with E-state index in [1.54, 1.807) is 26.1 Å². The Kier molecular flexibility index (Phi) is 15.3. The van der Waals surface area contributed by atoms with E-state index in [0.717, 1.165) is 38.2 Å². The number of methoxy groups -OCH3 is 1. The van der Waals surface area contributed by atoms with Crippen LogP contribution in [0.4, 0.5) is 0 Å². The molecule has 1 rings (SSSR count). The van der Waals surface area contributed by atoms with Crippen molar-refractivity contribution in [1.29, 1.82) is 0 Å². The molecule has 0 bridgehead atoms. The highest BCUT2D eigenvalue weighted by Crippen LogP contribution is 2.11. The fraction of sp³-hybridized carbons (Fsp3) is 0.652. The molecule has 31 heavy (non-hydrogen) atoms. The Morgan fingerprint density at radius 3 is 2.13 bits per heavy atom. The van der Waals surface area contributed by atoms with Gasteiger partial charge in [-0.25, -0.2) is 4.99 Å². The molecule has 0 spiro atoms. The number of rotatable bonds is 12. The number of ether oxygens (including phenoxy) is 1. The zero-order valence-electron chi connectivity index (χ0n) is 20.3. The molecule has 178 valence electrons. The van der Waals surface area contributed by atoms with Gasteiger partial charge < -0.3 is 20.3 Å². The second-order valence-corrected chi connectivity index (χ2v) is 8.18. The summed E-state index contributed by atoms with van der Waals surface area (Å²) in [5, 5.41) is 6.72. The first-order chi connectivity index (χ1) is 14.2. The smallest absolute Gasteiger partial charge is 0.243 e. The SMILES string of the molecule is COc1ccc(CCNC(=NCC(=O)N(C)C)NCCCN(C(C)C)C(C)C)cc1.I. The Labute approximate surface area is 206 Å². The summed E-state index contributed by atoms with van der Waals surface area (Å²) < 4.78 is 5.20. The number of hydrogen-bond acceptors (Lipinski definition) is 4. The summed E-state index contributed by atoms with van der Waals surface area (Å²) in [5.41, 5.74) is 1.22. The quantitative estimate of drug-likeness (QED) is 0.182. The van der Waals surface area contributed by atoms with Gasteiger partial charge >= 0.3 is 0 Å². The predicted molar refractivity (Wildman–Crippen MR) is 141 cm³/mol. The van der Waals surface area contributed by atoms with Gasteiger partial charge in [0.05, 0.1) is 7.11 Å². The maximum absolute atomic E-state index is 11.9. The minimum atomic E-state index is -0.0166. The van der Waals surface area contributed by atoms with Crippen molar-refractivity contribution in [3.63, 3.8) is 0 Å². The van der Waals surface area contributed by atoms with E-state index >= 15 is 0 Å². The molecule has 7 nitrogen and oxygen atoms in total. The molecule has 0 fully saturated rings. The van der Waals surface area contributed by atoms with E-state index in [9.17, 15) is 4.79 Å². The molecule has 2 N–H and O–H groups in total. The van der Waals surface area contributed by atoms with E-state index < -0.39 is 0 Å². The largest absolute Gasteiger partial charge is 0.497 e. The summed E-state index contributed by atoms with van der Waals surface area (Å²) in [7, 11) is 5.16. The highest BCUT2D eigenvalue weighted by atomic mass is 127. The van der Waals surface area contributed by atoms with Gasteiger partial charge in [-0.05, 0) is 58.2 Å². The van der Waals surface area contributed by atoms with Crippen LogP contribution in [0.15, 0.2) is 29.3 Å². The average Bonchev–Trinajstić information content (AvgIpc) is 2.70. The van der Waals surface area contributed by atoms with Crippen LogP contribution in [0.1, 0.15) is 39.7 Å². The van der Waals surface area contributed by atoms with Crippen LogP contribution in [0.5, 0.6) is 5.75 Å². The molecule has 0 atom stereocenters. The Hall–Kier alpha value is -1.55. The van der Waals surface area contributed by atoms with Crippen molar-refractivity contribution in [2.45, 2.75) is 52.6 Å². The maximum atomic E-state index is 11.9. The number of likely N-dealkylation sites (N-methyl/N-ethyl adjacent to an activating group) is 1. The standard InChI is InChI=1S/C23H41N5O2.HI/c1-18(2)28(19(3)4)16-8-14-24-23(26-17-22(29)27(5)6)25-15-13-20-9-11-21(30-7)12-10-20;/h9-12,18-19H,8,13-17H2,1-7H3,(H2,24,25,26);1H. The van der Waals surface area contributed by atoms with Gasteiger partial charge in [-0.3, -0.25) is 9.69 Å². The van der Waals surface area contributed by atoms with Gasteiger partial charge in [-0.1, -0.05) is 12.1 Å². The molecule has 0 heterocycles. The number of hydrogen-bond donors (Lipinski definition) is 2. The fourth-order valence-electron chi connectivity index (χ4n) is 3.16. The average molecular weight is 548 g/mol. The Balaban J connectivity index is 0.00000900. The second kappa shape index (κ2) is 16.1. The normalized spacial score (nSPS) is 11.5. The van der Waals surface area contributed by atoms with Gasteiger partial charge in [-0.2, -0.15) is 0 Å². The van der Waals surface area contributed by atoms with Crippen molar-refractivity contribution < 1.29 is 9.53 Å². The number of nitrogens with one attached hydrogen (secondary N) is 2. The Morgan fingerprint density at radius 2 is 1.61 bits per heavy atom. The van der Waals surface area contributed by atoms with Gasteiger partial charge in [0, 0.05) is 45.8 Å². The van der Waals surface area contributed by atoms with Crippen LogP contribution in [-0.2, 0) is 11.2 Å². The lowest BCUT2D eigenvalue weighted by atomic mass is 10.1. The zero-order chi connectivity index (χ0) is 22.5. The van der Waals surface area contributed by atoms with Crippen molar-refractivity contribution >= 4 is 35.8 Å². The fourth-order valence-corrected chi connectivity index (χ4v) is 3.16. The summed E-state index contributed by atoms with van der Waals surface area (Å²) in [4.78, 5) is 20.4. The topological polar surface area (TPSA) is 69.2 Å². The number of aliphatic imine (C=N–C) groups is 1. The number of guanidine groups is 1. The van der Waals surface area contributed by atoms with Crippen LogP contribution in [0.2, 0.25) is 0 Å². The highest BCUT2D eigenvalue weighted by molar-refractivity contribution is 14.0. The molecule has 0 saturated heterocycles. The summed E-state index contributed by atoms with van der Waals surface area (Å²) in [6.45, 7) is 11.6. The molecule has 1 aromatic carbocycles. The lowest BCUT2D eigenvalue weighted by Gasteiger charge is -2.30. The summed E-state index contributed by atoms with van der Waals surface area (Å²) >= 11 is 0. The molecule has 0 aliphatic carbocycles. The first kappa shape index (κ1) is 29.5. The van der Waals surface area contributed by atoms with Crippen molar-refractivity contribution in [3.8, 4) is 5.75 Å². The molecule has 0 radical (unpaired) electrons. The molecule has 1 amide bonds. The van der Waals surface area contributed by atoms with Gasteiger partial charge in [0.15, 0.2) is 5.96 Å². The van der Waals surface area contributed by atoms with E-state index in [-0.39, 0.29) is 36.4 Å². The third kappa shape index (κ3) is 12.2. The maximum Gasteiger partial charge on any atom is 0.243 e. The predicted octanol–water partition coefficient (Wildman–Crippen LogP) is 2.99. The molecule has 0 saturated carbocycles. The monoisotopic (exact) mass is 547 g/mol. The molecular weight excluding hydrogens is 505 g/mol. The van der Waals surface area contributed by atoms with Crippen LogP contribution in [0.3, 0.4) is 0 Å². The lowest BCUT2D eigenvalue weighted by molar-refractivity contribution is -0.127.